The molecule has 0 saturated carbocycles. The molecule has 0 aromatic heterocycles. The van der Waals surface area contributed by atoms with Gasteiger partial charge in [0.05, 0.1) is 5.75 Å². The fourth-order valence-corrected chi connectivity index (χ4v) is 5.09. The zero-order chi connectivity index (χ0) is 23.6. The van der Waals surface area contributed by atoms with E-state index in [1.54, 1.807) is 23.7 Å². The fourth-order valence-electron chi connectivity index (χ4n) is 3.66. The van der Waals surface area contributed by atoms with Gasteiger partial charge in [-0.2, -0.15) is 0 Å². The van der Waals surface area contributed by atoms with E-state index in [2.05, 4.69) is 40.3 Å². The van der Waals surface area contributed by atoms with Crippen LogP contribution in [0.3, 0.4) is 0 Å². The van der Waals surface area contributed by atoms with Gasteiger partial charge in [-0.1, -0.05) is 82.7 Å². The molecule has 0 aliphatic carbocycles. The van der Waals surface area contributed by atoms with Gasteiger partial charge in [0.2, 0.25) is 11.8 Å². The molecule has 33 heavy (non-hydrogen) atoms. The van der Waals surface area contributed by atoms with E-state index in [-0.39, 0.29) is 11.8 Å². The van der Waals surface area contributed by atoms with Crippen molar-refractivity contribution in [3.8, 4) is 0 Å². The highest BCUT2D eigenvalue weighted by molar-refractivity contribution is 9.10. The van der Waals surface area contributed by atoms with Crippen LogP contribution in [0.15, 0.2) is 83.3 Å². The number of hydrogen-bond donors (Lipinski definition) is 1. The van der Waals surface area contributed by atoms with E-state index >= 15 is 0 Å². The molecule has 0 radical (unpaired) electrons. The van der Waals surface area contributed by atoms with Gasteiger partial charge in [-0.25, -0.2) is 0 Å². The molecule has 4 nitrogen and oxygen atoms in total. The summed E-state index contributed by atoms with van der Waals surface area (Å²) in [6, 6.07) is 25.3. The molecule has 0 aliphatic heterocycles. The Morgan fingerprint density at radius 1 is 0.970 bits per heavy atom. The monoisotopic (exact) mass is 524 g/mol. The van der Waals surface area contributed by atoms with Crippen LogP contribution in [0.5, 0.6) is 0 Å². The van der Waals surface area contributed by atoms with Gasteiger partial charge in [-0.3, -0.25) is 9.59 Å². The molecule has 3 aromatic rings. The number of likely N-dealkylation sites (N-methyl/N-ethyl adjacent to an activating group) is 1. The third-order valence-electron chi connectivity index (χ3n) is 5.50. The lowest BCUT2D eigenvalue weighted by Gasteiger charge is -2.31. The Labute approximate surface area is 208 Å². The van der Waals surface area contributed by atoms with Crippen molar-refractivity contribution in [2.24, 2.45) is 0 Å². The van der Waals surface area contributed by atoms with Gasteiger partial charge in [0, 0.05) is 30.2 Å². The standard InChI is InChI=1S/C27H29BrN2O2S/c1-20-9-6-7-13-23(20)18-33-19-26(31)30(17-22-12-8-14-24(28)15-22)25(27(32)29-2)16-21-10-4-3-5-11-21/h3-15,25H,16-19H2,1-2H3,(H,29,32)/t25-/m1/s1. The molecule has 172 valence electrons. The normalized spacial score (nSPS) is 11.6. The van der Waals surface area contributed by atoms with Crippen LogP contribution < -0.4 is 5.32 Å². The molecule has 0 bridgehead atoms. The number of amides is 2. The lowest BCUT2D eigenvalue weighted by atomic mass is 10.0. The van der Waals surface area contributed by atoms with Crippen LogP contribution in [0, 0.1) is 6.92 Å². The average molecular weight is 526 g/mol. The van der Waals surface area contributed by atoms with Crippen molar-refractivity contribution in [2.75, 3.05) is 12.8 Å². The molecule has 3 aromatic carbocycles. The minimum atomic E-state index is -0.594. The van der Waals surface area contributed by atoms with E-state index in [9.17, 15) is 9.59 Å². The molecular formula is C27H29BrN2O2S. The maximum absolute atomic E-state index is 13.5. The molecule has 0 spiro atoms. The number of aryl methyl sites for hydroxylation is 1. The van der Waals surface area contributed by atoms with Crippen LogP contribution in [0.4, 0.5) is 0 Å². The number of carbonyl (C=O) groups is 2. The number of hydrogen-bond acceptors (Lipinski definition) is 3. The molecule has 0 fully saturated rings. The van der Waals surface area contributed by atoms with Crippen molar-refractivity contribution in [2.45, 2.75) is 31.7 Å². The van der Waals surface area contributed by atoms with Gasteiger partial charge in [0.1, 0.15) is 6.04 Å². The van der Waals surface area contributed by atoms with Crippen molar-refractivity contribution in [1.29, 1.82) is 0 Å². The fraction of sp³-hybridized carbons (Fsp3) is 0.259. The maximum atomic E-state index is 13.5. The maximum Gasteiger partial charge on any atom is 0.242 e. The van der Waals surface area contributed by atoms with Crippen LogP contribution in [0.25, 0.3) is 0 Å². The number of carbonyl (C=O) groups excluding carboxylic acids is 2. The molecular weight excluding hydrogens is 496 g/mol. The molecule has 0 saturated heterocycles. The van der Waals surface area contributed by atoms with Crippen LogP contribution in [0.1, 0.15) is 22.3 Å². The van der Waals surface area contributed by atoms with Gasteiger partial charge < -0.3 is 10.2 Å². The molecule has 1 atom stereocenters. The first-order valence-electron chi connectivity index (χ1n) is 10.9. The van der Waals surface area contributed by atoms with Crippen molar-refractivity contribution in [3.05, 3.63) is 106 Å². The zero-order valence-electron chi connectivity index (χ0n) is 19.0. The quantitative estimate of drug-likeness (QED) is 0.387. The first-order valence-corrected chi connectivity index (χ1v) is 12.8. The summed E-state index contributed by atoms with van der Waals surface area (Å²) in [5.74, 6) is 0.862. The Kier molecular flexibility index (Phi) is 9.58. The van der Waals surface area contributed by atoms with E-state index in [0.29, 0.717) is 18.7 Å². The minimum Gasteiger partial charge on any atom is -0.357 e. The predicted octanol–water partition coefficient (Wildman–Crippen LogP) is 5.38. The summed E-state index contributed by atoms with van der Waals surface area (Å²) >= 11 is 5.09. The summed E-state index contributed by atoms with van der Waals surface area (Å²) in [6.45, 7) is 2.45. The molecule has 2 amide bonds. The highest BCUT2D eigenvalue weighted by Gasteiger charge is 2.29. The summed E-state index contributed by atoms with van der Waals surface area (Å²) in [5, 5.41) is 2.76. The number of halogens is 1. The summed E-state index contributed by atoms with van der Waals surface area (Å²) in [7, 11) is 1.62. The Morgan fingerprint density at radius 2 is 1.67 bits per heavy atom. The second kappa shape index (κ2) is 12.6. The average Bonchev–Trinajstić information content (AvgIpc) is 2.82. The second-order valence-electron chi connectivity index (χ2n) is 7.89. The Balaban J connectivity index is 1.81. The van der Waals surface area contributed by atoms with Crippen molar-refractivity contribution in [1.82, 2.24) is 10.2 Å². The van der Waals surface area contributed by atoms with Gasteiger partial charge in [-0.05, 0) is 41.3 Å². The van der Waals surface area contributed by atoms with E-state index < -0.39 is 6.04 Å². The number of nitrogens with one attached hydrogen (secondary N) is 1. The lowest BCUT2D eigenvalue weighted by molar-refractivity contribution is -0.139. The van der Waals surface area contributed by atoms with E-state index in [4.69, 9.17) is 0 Å². The largest absolute Gasteiger partial charge is 0.357 e. The summed E-state index contributed by atoms with van der Waals surface area (Å²) in [5.41, 5.74) is 4.44. The van der Waals surface area contributed by atoms with Crippen LogP contribution >= 0.6 is 27.7 Å². The summed E-state index contributed by atoms with van der Waals surface area (Å²) in [6.07, 6.45) is 0.461. The van der Waals surface area contributed by atoms with Crippen LogP contribution in [0.2, 0.25) is 0 Å². The molecule has 6 heteroatoms. The zero-order valence-corrected chi connectivity index (χ0v) is 21.4. The summed E-state index contributed by atoms with van der Waals surface area (Å²) < 4.78 is 0.945. The third-order valence-corrected chi connectivity index (χ3v) is 6.96. The van der Waals surface area contributed by atoms with Gasteiger partial charge in [-0.15, -0.1) is 11.8 Å². The Morgan fingerprint density at radius 3 is 2.36 bits per heavy atom. The number of nitrogens with zero attached hydrogens (tertiary/aromatic N) is 1. The Hall–Kier alpha value is -2.57. The lowest BCUT2D eigenvalue weighted by Crippen LogP contribution is -2.50. The van der Waals surface area contributed by atoms with E-state index in [0.717, 1.165) is 21.4 Å². The highest BCUT2D eigenvalue weighted by Crippen LogP contribution is 2.21. The second-order valence-corrected chi connectivity index (χ2v) is 9.79. The van der Waals surface area contributed by atoms with Crippen molar-refractivity contribution >= 4 is 39.5 Å². The minimum absolute atomic E-state index is 0.0434. The summed E-state index contributed by atoms with van der Waals surface area (Å²) in [4.78, 5) is 28.1. The van der Waals surface area contributed by atoms with Gasteiger partial charge >= 0.3 is 0 Å². The molecule has 0 aliphatic rings. The smallest absolute Gasteiger partial charge is 0.242 e. The predicted molar refractivity (Wildman–Crippen MR) is 140 cm³/mol. The number of thioether (sulfide) groups is 1. The number of rotatable bonds is 10. The van der Waals surface area contributed by atoms with E-state index in [1.807, 2.05) is 66.7 Å². The van der Waals surface area contributed by atoms with Gasteiger partial charge in [0.15, 0.2) is 0 Å². The van der Waals surface area contributed by atoms with Crippen LogP contribution in [-0.2, 0) is 28.3 Å². The first kappa shape index (κ1) is 25.1. The molecule has 3 rings (SSSR count). The highest BCUT2D eigenvalue weighted by atomic mass is 79.9. The van der Waals surface area contributed by atoms with Crippen molar-refractivity contribution in [3.63, 3.8) is 0 Å². The third kappa shape index (κ3) is 7.47. The van der Waals surface area contributed by atoms with Crippen molar-refractivity contribution < 1.29 is 9.59 Å². The van der Waals surface area contributed by atoms with Gasteiger partial charge in [0.25, 0.3) is 0 Å². The molecule has 0 heterocycles. The molecule has 1 N–H and O–H groups in total. The molecule has 0 unspecified atom stereocenters. The Bertz CT molecular complexity index is 1070. The number of benzene rings is 3. The first-order chi connectivity index (χ1) is 16.0. The SMILES string of the molecule is CNC(=O)[C@@H](Cc1ccccc1)N(Cc1cccc(Br)c1)C(=O)CSCc1ccccc1C. The van der Waals surface area contributed by atoms with E-state index in [1.165, 1.54) is 11.1 Å². The van der Waals surface area contributed by atoms with Crippen LogP contribution in [-0.4, -0.2) is 35.6 Å². The topological polar surface area (TPSA) is 49.4 Å².